The highest BCUT2D eigenvalue weighted by atomic mass is 16.2. The molecule has 1 atom stereocenters. The van der Waals surface area contributed by atoms with Crippen LogP contribution in [0.25, 0.3) is 0 Å². The zero-order valence-electron chi connectivity index (χ0n) is 12.0. The van der Waals surface area contributed by atoms with Gasteiger partial charge in [0.15, 0.2) is 0 Å². The van der Waals surface area contributed by atoms with Gasteiger partial charge in [-0.3, -0.25) is 4.79 Å². The smallest absolute Gasteiger partial charge is 0.222 e. The van der Waals surface area contributed by atoms with Crippen LogP contribution in [0.3, 0.4) is 0 Å². The molecule has 0 radical (unpaired) electrons. The number of nitrogens with zero attached hydrogens (tertiary/aromatic N) is 1. The minimum Gasteiger partial charge on any atom is -0.342 e. The van der Waals surface area contributed by atoms with E-state index in [1.54, 1.807) is 0 Å². The van der Waals surface area contributed by atoms with Crippen LogP contribution in [0.2, 0.25) is 0 Å². The first-order chi connectivity index (χ1) is 8.66. The molecule has 3 heteroatoms. The minimum absolute atomic E-state index is 0.389. The summed E-state index contributed by atoms with van der Waals surface area (Å²) in [5, 5.41) is 3.42. The van der Waals surface area contributed by atoms with E-state index in [1.807, 2.05) is 0 Å². The molecule has 104 valence electrons. The molecule has 18 heavy (non-hydrogen) atoms. The Morgan fingerprint density at radius 1 is 1.22 bits per heavy atom. The Morgan fingerprint density at radius 3 is 2.61 bits per heavy atom. The zero-order valence-corrected chi connectivity index (χ0v) is 12.0. The van der Waals surface area contributed by atoms with Gasteiger partial charge in [0.2, 0.25) is 5.91 Å². The Morgan fingerprint density at radius 2 is 1.94 bits per heavy atom. The van der Waals surface area contributed by atoms with Crippen molar-refractivity contribution in [2.75, 3.05) is 26.2 Å². The first-order valence-electron chi connectivity index (χ1n) is 7.65. The lowest BCUT2D eigenvalue weighted by Crippen LogP contribution is -2.34. The first-order valence-corrected chi connectivity index (χ1v) is 7.65. The van der Waals surface area contributed by atoms with E-state index in [0.29, 0.717) is 11.8 Å². The van der Waals surface area contributed by atoms with Gasteiger partial charge in [-0.15, -0.1) is 0 Å². The SMILES string of the molecule is CC(C)CCC(=O)N1CCC(C2CCNCC2)C1. The van der Waals surface area contributed by atoms with Gasteiger partial charge in [-0.05, 0) is 56.5 Å². The van der Waals surface area contributed by atoms with Crippen molar-refractivity contribution in [1.29, 1.82) is 0 Å². The molecule has 0 aliphatic carbocycles. The van der Waals surface area contributed by atoms with Gasteiger partial charge < -0.3 is 10.2 Å². The summed E-state index contributed by atoms with van der Waals surface area (Å²) in [5.41, 5.74) is 0. The summed E-state index contributed by atoms with van der Waals surface area (Å²) in [7, 11) is 0. The van der Waals surface area contributed by atoms with Crippen LogP contribution in [0.1, 0.15) is 46.0 Å². The van der Waals surface area contributed by atoms with Crippen LogP contribution in [-0.4, -0.2) is 37.0 Å². The van der Waals surface area contributed by atoms with Gasteiger partial charge >= 0.3 is 0 Å². The number of hydrogen-bond donors (Lipinski definition) is 1. The van der Waals surface area contributed by atoms with Gasteiger partial charge in [-0.25, -0.2) is 0 Å². The molecule has 2 aliphatic heterocycles. The van der Waals surface area contributed by atoms with Crippen LogP contribution in [0.4, 0.5) is 0 Å². The Balaban J connectivity index is 1.75. The Bertz CT molecular complexity index is 272. The van der Waals surface area contributed by atoms with Crippen molar-refractivity contribution < 1.29 is 4.79 Å². The number of nitrogens with one attached hydrogen (secondary N) is 1. The molecule has 2 fully saturated rings. The van der Waals surface area contributed by atoms with E-state index < -0.39 is 0 Å². The van der Waals surface area contributed by atoms with Crippen molar-refractivity contribution in [3.8, 4) is 0 Å². The van der Waals surface area contributed by atoms with Crippen molar-refractivity contribution in [2.24, 2.45) is 17.8 Å². The van der Waals surface area contributed by atoms with Gasteiger partial charge in [0, 0.05) is 19.5 Å². The third-order valence-electron chi connectivity index (χ3n) is 4.56. The number of piperidine rings is 1. The van der Waals surface area contributed by atoms with Crippen LogP contribution in [0, 0.1) is 17.8 Å². The lowest BCUT2D eigenvalue weighted by atomic mass is 9.84. The molecule has 0 spiro atoms. The van der Waals surface area contributed by atoms with Gasteiger partial charge in [-0.1, -0.05) is 13.8 Å². The maximum Gasteiger partial charge on any atom is 0.222 e. The number of hydrogen-bond acceptors (Lipinski definition) is 2. The fourth-order valence-corrected chi connectivity index (χ4v) is 3.28. The maximum atomic E-state index is 12.1. The van der Waals surface area contributed by atoms with E-state index in [9.17, 15) is 4.79 Å². The molecule has 3 nitrogen and oxygen atoms in total. The highest BCUT2D eigenvalue weighted by molar-refractivity contribution is 5.76. The summed E-state index contributed by atoms with van der Waals surface area (Å²) in [5.74, 6) is 2.65. The molecule has 0 saturated carbocycles. The summed E-state index contributed by atoms with van der Waals surface area (Å²) in [6, 6.07) is 0. The van der Waals surface area contributed by atoms with Crippen LogP contribution < -0.4 is 5.32 Å². The van der Waals surface area contributed by atoms with Gasteiger partial charge in [0.05, 0.1) is 0 Å². The minimum atomic E-state index is 0.389. The predicted octanol–water partition coefficient (Wildman–Crippen LogP) is 2.27. The van der Waals surface area contributed by atoms with Gasteiger partial charge in [-0.2, -0.15) is 0 Å². The number of amides is 1. The van der Waals surface area contributed by atoms with Crippen molar-refractivity contribution in [3.05, 3.63) is 0 Å². The fraction of sp³-hybridized carbons (Fsp3) is 0.933. The van der Waals surface area contributed by atoms with Crippen LogP contribution in [-0.2, 0) is 4.79 Å². The third kappa shape index (κ3) is 3.71. The third-order valence-corrected chi connectivity index (χ3v) is 4.56. The molecular formula is C15H28N2O. The summed E-state index contributed by atoms with van der Waals surface area (Å²) >= 11 is 0. The Labute approximate surface area is 111 Å². The summed E-state index contributed by atoms with van der Waals surface area (Å²) in [6.07, 6.45) is 5.62. The Hall–Kier alpha value is -0.570. The zero-order chi connectivity index (χ0) is 13.0. The summed E-state index contributed by atoms with van der Waals surface area (Å²) in [4.78, 5) is 14.2. The van der Waals surface area contributed by atoms with Crippen LogP contribution in [0.5, 0.6) is 0 Å². The molecule has 0 aromatic rings. The van der Waals surface area contributed by atoms with E-state index in [2.05, 4.69) is 24.1 Å². The molecule has 2 saturated heterocycles. The largest absolute Gasteiger partial charge is 0.342 e. The highest BCUT2D eigenvalue weighted by Gasteiger charge is 2.32. The van der Waals surface area contributed by atoms with Gasteiger partial charge in [0.25, 0.3) is 0 Å². The number of carbonyl (C=O) groups is 1. The second-order valence-corrected chi connectivity index (χ2v) is 6.41. The topological polar surface area (TPSA) is 32.3 Å². The predicted molar refractivity (Wildman–Crippen MR) is 74.4 cm³/mol. The maximum absolute atomic E-state index is 12.1. The van der Waals surface area contributed by atoms with Gasteiger partial charge in [0.1, 0.15) is 0 Å². The Kier molecular flexibility index (Phi) is 5.04. The molecule has 0 aromatic carbocycles. The molecule has 0 aromatic heterocycles. The second kappa shape index (κ2) is 6.55. The van der Waals surface area contributed by atoms with E-state index in [0.717, 1.165) is 37.8 Å². The molecule has 2 aliphatic rings. The number of likely N-dealkylation sites (tertiary alicyclic amines) is 1. The van der Waals surface area contributed by atoms with Crippen LogP contribution >= 0.6 is 0 Å². The van der Waals surface area contributed by atoms with E-state index >= 15 is 0 Å². The summed E-state index contributed by atoms with van der Waals surface area (Å²) < 4.78 is 0. The lowest BCUT2D eigenvalue weighted by molar-refractivity contribution is -0.130. The number of carbonyl (C=O) groups excluding carboxylic acids is 1. The fourth-order valence-electron chi connectivity index (χ4n) is 3.28. The van der Waals surface area contributed by atoms with Crippen molar-refractivity contribution in [3.63, 3.8) is 0 Å². The summed E-state index contributed by atoms with van der Waals surface area (Å²) in [6.45, 7) is 8.75. The van der Waals surface area contributed by atoms with E-state index in [1.165, 1.54) is 32.4 Å². The molecule has 1 amide bonds. The molecule has 1 unspecified atom stereocenters. The average molecular weight is 252 g/mol. The lowest BCUT2D eigenvalue weighted by Gasteiger charge is -2.28. The van der Waals surface area contributed by atoms with Crippen LogP contribution in [0.15, 0.2) is 0 Å². The quantitative estimate of drug-likeness (QED) is 0.832. The first kappa shape index (κ1) is 13.9. The molecule has 2 rings (SSSR count). The average Bonchev–Trinajstić information content (AvgIpc) is 2.86. The van der Waals surface area contributed by atoms with Crippen molar-refractivity contribution in [2.45, 2.75) is 46.0 Å². The number of rotatable bonds is 4. The normalized spacial score (nSPS) is 25.9. The standard InChI is InChI=1S/C15H28N2O/c1-12(2)3-4-15(18)17-10-7-14(11-17)13-5-8-16-9-6-13/h12-14,16H,3-11H2,1-2H3. The second-order valence-electron chi connectivity index (χ2n) is 6.41. The van der Waals surface area contributed by atoms with E-state index in [-0.39, 0.29) is 0 Å². The monoisotopic (exact) mass is 252 g/mol. The molecule has 0 bridgehead atoms. The molecule has 1 N–H and O–H groups in total. The van der Waals surface area contributed by atoms with E-state index in [4.69, 9.17) is 0 Å². The highest BCUT2D eigenvalue weighted by Crippen LogP contribution is 2.30. The molecular weight excluding hydrogens is 224 g/mol. The molecule has 2 heterocycles. The van der Waals surface area contributed by atoms with Crippen molar-refractivity contribution >= 4 is 5.91 Å². The van der Waals surface area contributed by atoms with Crippen molar-refractivity contribution in [1.82, 2.24) is 10.2 Å².